The van der Waals surface area contributed by atoms with Crippen molar-refractivity contribution >= 4 is 16.8 Å². The van der Waals surface area contributed by atoms with E-state index in [2.05, 4.69) is 52.8 Å². The zero-order valence-corrected chi connectivity index (χ0v) is 15.6. The Kier molecular flexibility index (Phi) is 5.22. The summed E-state index contributed by atoms with van der Waals surface area (Å²) in [6, 6.07) is 28.9. The number of benzene rings is 3. The Morgan fingerprint density at radius 3 is 2.25 bits per heavy atom. The van der Waals surface area contributed by atoms with E-state index in [1.165, 1.54) is 5.56 Å². The first-order chi connectivity index (χ1) is 13.8. The Labute approximate surface area is 164 Å². The second-order valence-electron chi connectivity index (χ2n) is 6.80. The number of fused-ring (bicyclic) bond motifs is 1. The predicted octanol–water partition coefficient (Wildman–Crippen LogP) is 4.04. The van der Waals surface area contributed by atoms with Crippen LogP contribution in [-0.2, 0) is 4.79 Å². The van der Waals surface area contributed by atoms with Gasteiger partial charge in [0.25, 0.3) is 0 Å². The number of amides is 1. The third kappa shape index (κ3) is 3.55. The second-order valence-corrected chi connectivity index (χ2v) is 6.80. The van der Waals surface area contributed by atoms with Gasteiger partial charge in [-0.2, -0.15) is 0 Å². The average molecular weight is 369 g/mol. The molecule has 0 fully saturated rings. The number of para-hydroxylation sites is 1. The number of nitrogens with one attached hydrogen (secondary N) is 2. The topological polar surface area (TPSA) is 70.9 Å². The van der Waals surface area contributed by atoms with E-state index in [1.807, 2.05) is 42.5 Å². The van der Waals surface area contributed by atoms with Crippen LogP contribution in [-0.4, -0.2) is 24.0 Å². The third-order valence-electron chi connectivity index (χ3n) is 5.05. The number of carbonyl (C=O) groups is 1. The minimum absolute atomic E-state index is 0.00283. The number of rotatable bonds is 6. The van der Waals surface area contributed by atoms with Crippen molar-refractivity contribution in [3.8, 4) is 11.3 Å². The van der Waals surface area contributed by atoms with Crippen LogP contribution in [0.4, 0.5) is 0 Å². The Morgan fingerprint density at radius 1 is 0.893 bits per heavy atom. The lowest BCUT2D eigenvalue weighted by molar-refractivity contribution is -0.119. The zero-order valence-electron chi connectivity index (χ0n) is 15.6. The highest BCUT2D eigenvalue weighted by Gasteiger charge is 2.23. The maximum atomic E-state index is 11.9. The number of carbonyl (C=O) groups excluding carboxylic acids is 1. The number of aromatic nitrogens is 1. The molecule has 0 spiro atoms. The van der Waals surface area contributed by atoms with Gasteiger partial charge < -0.3 is 16.0 Å². The van der Waals surface area contributed by atoms with Gasteiger partial charge in [0.05, 0.1) is 12.2 Å². The Morgan fingerprint density at radius 2 is 1.54 bits per heavy atom. The van der Waals surface area contributed by atoms with Gasteiger partial charge in [-0.1, -0.05) is 78.9 Å². The van der Waals surface area contributed by atoms with Gasteiger partial charge in [-0.3, -0.25) is 4.79 Å². The van der Waals surface area contributed by atoms with Gasteiger partial charge in [0.15, 0.2) is 0 Å². The summed E-state index contributed by atoms with van der Waals surface area (Å²) < 4.78 is 0. The van der Waals surface area contributed by atoms with Crippen LogP contribution in [0.1, 0.15) is 17.0 Å². The molecule has 0 aliphatic rings. The Balaban J connectivity index is 1.90. The van der Waals surface area contributed by atoms with E-state index in [0.717, 1.165) is 27.7 Å². The summed E-state index contributed by atoms with van der Waals surface area (Å²) >= 11 is 0. The lowest BCUT2D eigenvalue weighted by atomic mass is 9.87. The molecule has 4 aromatic rings. The van der Waals surface area contributed by atoms with E-state index in [4.69, 9.17) is 5.73 Å². The highest BCUT2D eigenvalue weighted by atomic mass is 16.1. The van der Waals surface area contributed by atoms with Crippen LogP contribution >= 0.6 is 0 Å². The van der Waals surface area contributed by atoms with Crippen molar-refractivity contribution in [3.05, 3.63) is 96.1 Å². The maximum Gasteiger partial charge on any atom is 0.233 e. The molecule has 1 unspecified atom stereocenters. The van der Waals surface area contributed by atoms with Crippen LogP contribution in [0.25, 0.3) is 22.2 Å². The summed E-state index contributed by atoms with van der Waals surface area (Å²) in [5.41, 5.74) is 11.1. The second kappa shape index (κ2) is 8.11. The van der Waals surface area contributed by atoms with Gasteiger partial charge in [-0.05, 0) is 22.8 Å². The first kappa shape index (κ1) is 18.0. The molecule has 1 heterocycles. The normalized spacial score (nSPS) is 12.0. The van der Waals surface area contributed by atoms with Crippen molar-refractivity contribution in [1.82, 2.24) is 10.3 Å². The van der Waals surface area contributed by atoms with Crippen LogP contribution in [0.5, 0.6) is 0 Å². The molecular weight excluding hydrogens is 346 g/mol. The zero-order chi connectivity index (χ0) is 19.3. The van der Waals surface area contributed by atoms with Crippen LogP contribution < -0.4 is 11.1 Å². The van der Waals surface area contributed by atoms with Crippen molar-refractivity contribution in [3.63, 3.8) is 0 Å². The molecule has 4 heteroatoms. The molecule has 1 atom stereocenters. The Bertz CT molecular complexity index is 1070. The molecule has 0 radical (unpaired) electrons. The van der Waals surface area contributed by atoms with Gasteiger partial charge in [0.1, 0.15) is 0 Å². The monoisotopic (exact) mass is 369 g/mol. The fraction of sp³-hybridized carbons (Fsp3) is 0.125. The van der Waals surface area contributed by atoms with Crippen LogP contribution in [0.2, 0.25) is 0 Å². The van der Waals surface area contributed by atoms with Gasteiger partial charge in [-0.15, -0.1) is 0 Å². The SMILES string of the molecule is NCC(=O)NCC(c1ccccc1)c1c(-c2ccccc2)[nH]c2ccccc12. The van der Waals surface area contributed by atoms with Crippen molar-refractivity contribution in [2.24, 2.45) is 5.73 Å². The van der Waals surface area contributed by atoms with Crippen molar-refractivity contribution in [2.75, 3.05) is 13.1 Å². The first-order valence-corrected chi connectivity index (χ1v) is 9.45. The molecule has 0 aliphatic heterocycles. The smallest absolute Gasteiger partial charge is 0.233 e. The van der Waals surface area contributed by atoms with Crippen molar-refractivity contribution in [1.29, 1.82) is 0 Å². The van der Waals surface area contributed by atoms with Gasteiger partial charge >= 0.3 is 0 Å². The first-order valence-electron chi connectivity index (χ1n) is 9.45. The number of H-pyrrole nitrogens is 1. The van der Waals surface area contributed by atoms with Gasteiger partial charge in [0.2, 0.25) is 5.91 Å². The van der Waals surface area contributed by atoms with Crippen LogP contribution in [0, 0.1) is 0 Å². The molecule has 4 N–H and O–H groups in total. The summed E-state index contributed by atoms with van der Waals surface area (Å²) in [5.74, 6) is -0.148. The van der Waals surface area contributed by atoms with E-state index in [0.29, 0.717) is 6.54 Å². The minimum atomic E-state index is -0.151. The average Bonchev–Trinajstić information content (AvgIpc) is 3.15. The quantitative estimate of drug-likeness (QED) is 0.480. The van der Waals surface area contributed by atoms with Crippen molar-refractivity contribution < 1.29 is 4.79 Å². The maximum absolute atomic E-state index is 11.9. The third-order valence-corrected chi connectivity index (χ3v) is 5.05. The van der Waals surface area contributed by atoms with Crippen molar-refractivity contribution in [2.45, 2.75) is 5.92 Å². The van der Waals surface area contributed by atoms with E-state index in [1.54, 1.807) is 0 Å². The number of hydrogen-bond acceptors (Lipinski definition) is 2. The number of aromatic amines is 1. The molecule has 0 saturated carbocycles. The molecule has 3 aromatic carbocycles. The molecule has 140 valence electrons. The molecule has 28 heavy (non-hydrogen) atoms. The van der Waals surface area contributed by atoms with E-state index in [-0.39, 0.29) is 18.4 Å². The highest BCUT2D eigenvalue weighted by Crippen LogP contribution is 2.38. The summed E-state index contributed by atoms with van der Waals surface area (Å²) in [5, 5.41) is 4.15. The van der Waals surface area contributed by atoms with Crippen LogP contribution in [0.3, 0.4) is 0 Å². The fourth-order valence-corrected chi connectivity index (χ4v) is 3.72. The molecule has 0 saturated heterocycles. The lowest BCUT2D eigenvalue weighted by Crippen LogP contribution is -2.33. The number of nitrogens with two attached hydrogens (primary N) is 1. The molecule has 1 aromatic heterocycles. The molecule has 1 amide bonds. The molecule has 4 rings (SSSR count). The summed E-state index contributed by atoms with van der Waals surface area (Å²) in [6.45, 7) is 0.475. The summed E-state index contributed by atoms with van der Waals surface area (Å²) in [7, 11) is 0. The molecule has 0 bridgehead atoms. The molecule has 4 nitrogen and oxygen atoms in total. The molecule has 0 aliphatic carbocycles. The number of hydrogen-bond donors (Lipinski definition) is 3. The molecular formula is C24H23N3O. The summed E-state index contributed by atoms with van der Waals surface area (Å²) in [6.07, 6.45) is 0. The minimum Gasteiger partial charge on any atom is -0.354 e. The Hall–Kier alpha value is -3.37. The van der Waals surface area contributed by atoms with E-state index >= 15 is 0 Å². The summed E-state index contributed by atoms with van der Waals surface area (Å²) in [4.78, 5) is 15.5. The fourth-order valence-electron chi connectivity index (χ4n) is 3.72. The van der Waals surface area contributed by atoms with Crippen LogP contribution in [0.15, 0.2) is 84.9 Å². The van der Waals surface area contributed by atoms with Gasteiger partial charge in [0, 0.05) is 23.4 Å². The standard InChI is InChI=1S/C24H23N3O/c25-15-22(28)26-16-20(17-9-3-1-4-10-17)23-19-13-7-8-14-21(19)27-24(23)18-11-5-2-6-12-18/h1-14,20,27H,15-16,25H2,(H,26,28). The van der Waals surface area contributed by atoms with Gasteiger partial charge in [-0.25, -0.2) is 0 Å². The lowest BCUT2D eigenvalue weighted by Gasteiger charge is -2.20. The largest absolute Gasteiger partial charge is 0.354 e. The predicted molar refractivity (Wildman–Crippen MR) is 114 cm³/mol. The van der Waals surface area contributed by atoms with E-state index < -0.39 is 0 Å². The highest BCUT2D eigenvalue weighted by molar-refractivity contribution is 5.92. The van der Waals surface area contributed by atoms with E-state index in [9.17, 15) is 4.79 Å².